The fourth-order valence-corrected chi connectivity index (χ4v) is 6.54. The predicted molar refractivity (Wildman–Crippen MR) is 147 cm³/mol. The molecule has 196 valence electrons. The van der Waals surface area contributed by atoms with E-state index in [0.717, 1.165) is 9.87 Å². The Balaban J connectivity index is 1.64. The molecule has 0 saturated carbocycles. The molecule has 5 rings (SSSR count). The number of carboxylic acids is 1. The van der Waals surface area contributed by atoms with Crippen molar-refractivity contribution in [3.8, 4) is 11.3 Å². The molecule has 12 heteroatoms. The lowest BCUT2D eigenvalue weighted by molar-refractivity contribution is -0.135. The molecule has 0 atom stereocenters. The molecule has 1 aliphatic rings. The molecule has 0 spiro atoms. The third-order valence-electron chi connectivity index (χ3n) is 6.08. The van der Waals surface area contributed by atoms with E-state index in [4.69, 9.17) is 32.9 Å². The summed E-state index contributed by atoms with van der Waals surface area (Å²) in [5, 5.41) is 11.1. The number of anilines is 2. The van der Waals surface area contributed by atoms with E-state index in [-0.39, 0.29) is 20.6 Å². The summed E-state index contributed by atoms with van der Waals surface area (Å²) < 4.78 is 33.7. The minimum absolute atomic E-state index is 0.117. The molecule has 38 heavy (non-hydrogen) atoms. The molecule has 0 unspecified atom stereocenters. The van der Waals surface area contributed by atoms with Crippen LogP contribution < -0.4 is 9.21 Å². The molecule has 3 aromatic carbocycles. The lowest BCUT2D eigenvalue weighted by atomic mass is 10.0. The Morgan fingerprint density at radius 3 is 2.39 bits per heavy atom. The first-order chi connectivity index (χ1) is 18.2. The molecule has 0 aliphatic carbocycles. The van der Waals surface area contributed by atoms with E-state index in [9.17, 15) is 18.3 Å². The van der Waals surface area contributed by atoms with Crippen LogP contribution >= 0.6 is 23.2 Å². The van der Waals surface area contributed by atoms with Gasteiger partial charge in [-0.15, -0.1) is 0 Å². The summed E-state index contributed by atoms with van der Waals surface area (Å²) in [6, 6.07) is 16.2. The van der Waals surface area contributed by atoms with Crippen LogP contribution in [0.4, 0.5) is 11.6 Å². The maximum atomic E-state index is 13.7. The zero-order valence-corrected chi connectivity index (χ0v) is 22.2. The quantitative estimate of drug-likeness (QED) is 0.338. The number of aromatic nitrogens is 2. The Kier molecular flexibility index (Phi) is 7.40. The van der Waals surface area contributed by atoms with Crippen molar-refractivity contribution in [2.75, 3.05) is 42.1 Å². The number of aliphatic carboxylic acids is 1. The van der Waals surface area contributed by atoms with Crippen molar-refractivity contribution < 1.29 is 23.1 Å². The van der Waals surface area contributed by atoms with Gasteiger partial charge in [-0.25, -0.2) is 18.4 Å². The molecular formula is C26H22Cl2N4O5S. The normalized spacial score (nSPS) is 14.0. The van der Waals surface area contributed by atoms with E-state index in [0.29, 0.717) is 48.7 Å². The topological polar surface area (TPSA) is 113 Å². The molecule has 1 N–H and O–H groups in total. The van der Waals surface area contributed by atoms with Gasteiger partial charge in [0.25, 0.3) is 10.0 Å². The monoisotopic (exact) mass is 572 g/mol. The molecule has 4 aromatic rings. The van der Waals surface area contributed by atoms with E-state index >= 15 is 0 Å². The molecule has 1 saturated heterocycles. The van der Waals surface area contributed by atoms with Crippen molar-refractivity contribution in [1.82, 2.24) is 9.97 Å². The van der Waals surface area contributed by atoms with Crippen LogP contribution in [0.5, 0.6) is 0 Å². The number of carboxylic acid groups (broad SMARTS) is 1. The number of hydrogen-bond donors (Lipinski definition) is 1. The van der Waals surface area contributed by atoms with Gasteiger partial charge in [0.15, 0.2) is 0 Å². The van der Waals surface area contributed by atoms with E-state index in [1.165, 1.54) is 18.2 Å². The van der Waals surface area contributed by atoms with Crippen LogP contribution in [0.1, 0.15) is 0 Å². The zero-order valence-electron chi connectivity index (χ0n) is 19.9. The van der Waals surface area contributed by atoms with Crippen molar-refractivity contribution in [3.05, 3.63) is 76.9 Å². The zero-order chi connectivity index (χ0) is 26.9. The number of benzene rings is 3. The number of morpholine rings is 1. The average molecular weight is 573 g/mol. The van der Waals surface area contributed by atoms with Crippen molar-refractivity contribution in [1.29, 1.82) is 0 Å². The first-order valence-electron chi connectivity index (χ1n) is 11.6. The Morgan fingerprint density at radius 1 is 1.00 bits per heavy atom. The smallest absolute Gasteiger partial charge is 0.324 e. The standard InChI is InChI=1S/C26H22Cl2N4O5S/c27-17-13-18(28)15-19(14-17)38(35,36)32(16-25(33)34)24-6-2-3-20-21(4-1-5-22(20)24)23-7-8-29-26(30-23)31-9-11-37-12-10-31/h1-8,13-15H,9-12,16H2,(H,33,34). The molecule has 0 amide bonds. The second-order valence-electron chi connectivity index (χ2n) is 8.53. The average Bonchev–Trinajstić information content (AvgIpc) is 2.91. The van der Waals surface area contributed by atoms with Crippen LogP contribution in [-0.2, 0) is 19.6 Å². The van der Waals surface area contributed by atoms with E-state index in [2.05, 4.69) is 4.98 Å². The number of halogens is 2. The summed E-state index contributed by atoms with van der Waals surface area (Å²) in [5.41, 5.74) is 1.60. The second-order valence-corrected chi connectivity index (χ2v) is 11.3. The highest BCUT2D eigenvalue weighted by Gasteiger charge is 2.29. The maximum absolute atomic E-state index is 13.7. The number of sulfonamides is 1. The minimum atomic E-state index is -4.34. The highest BCUT2D eigenvalue weighted by molar-refractivity contribution is 7.92. The third-order valence-corrected chi connectivity index (χ3v) is 8.26. The Morgan fingerprint density at radius 2 is 1.68 bits per heavy atom. The highest BCUT2D eigenvalue weighted by atomic mass is 35.5. The fraction of sp³-hybridized carbons (Fsp3) is 0.192. The van der Waals surface area contributed by atoms with E-state index in [1.807, 2.05) is 17.0 Å². The largest absolute Gasteiger partial charge is 0.480 e. The van der Waals surface area contributed by atoms with Gasteiger partial charge in [-0.05, 0) is 35.7 Å². The number of rotatable bonds is 7. The highest BCUT2D eigenvalue weighted by Crippen LogP contribution is 2.36. The minimum Gasteiger partial charge on any atom is -0.480 e. The van der Waals surface area contributed by atoms with E-state index < -0.39 is 22.5 Å². The van der Waals surface area contributed by atoms with Gasteiger partial charge >= 0.3 is 5.97 Å². The van der Waals surface area contributed by atoms with Crippen LogP contribution in [0.2, 0.25) is 10.0 Å². The van der Waals surface area contributed by atoms with Crippen LogP contribution in [0, 0.1) is 0 Å². The second kappa shape index (κ2) is 10.7. The molecule has 1 fully saturated rings. The van der Waals surface area contributed by atoms with Crippen LogP contribution in [0.15, 0.2) is 71.8 Å². The number of hydrogen-bond acceptors (Lipinski definition) is 7. The molecule has 1 aromatic heterocycles. The van der Waals surface area contributed by atoms with Crippen molar-refractivity contribution >= 4 is 61.6 Å². The van der Waals surface area contributed by atoms with Crippen molar-refractivity contribution in [3.63, 3.8) is 0 Å². The SMILES string of the molecule is O=C(O)CN(c1cccc2c(-c3ccnc(N4CCOCC4)n3)cccc12)S(=O)(=O)c1cc(Cl)cc(Cl)c1. The Bertz CT molecular complexity index is 1610. The van der Waals surface area contributed by atoms with Gasteiger partial charge in [-0.2, -0.15) is 0 Å². The van der Waals surface area contributed by atoms with Gasteiger partial charge < -0.3 is 14.7 Å². The molecule has 9 nitrogen and oxygen atoms in total. The molecule has 2 heterocycles. The number of fused-ring (bicyclic) bond motifs is 1. The van der Waals surface area contributed by atoms with Crippen LogP contribution in [0.3, 0.4) is 0 Å². The van der Waals surface area contributed by atoms with Gasteiger partial charge in [-0.3, -0.25) is 9.10 Å². The van der Waals surface area contributed by atoms with Crippen LogP contribution in [0.25, 0.3) is 22.0 Å². The molecule has 1 aliphatic heterocycles. The molecular weight excluding hydrogens is 551 g/mol. The summed E-state index contributed by atoms with van der Waals surface area (Å²) >= 11 is 12.1. The lowest BCUT2D eigenvalue weighted by Crippen LogP contribution is -2.37. The number of nitrogens with zero attached hydrogens (tertiary/aromatic N) is 4. The van der Waals surface area contributed by atoms with Gasteiger partial charge in [-0.1, -0.05) is 53.5 Å². The summed E-state index contributed by atoms with van der Waals surface area (Å²) in [7, 11) is -4.34. The van der Waals surface area contributed by atoms with Crippen molar-refractivity contribution in [2.24, 2.45) is 0 Å². The lowest BCUT2D eigenvalue weighted by Gasteiger charge is -2.27. The Hall–Kier alpha value is -3.44. The Labute approximate surface area is 229 Å². The molecule has 0 bridgehead atoms. The maximum Gasteiger partial charge on any atom is 0.324 e. The van der Waals surface area contributed by atoms with Gasteiger partial charge in [0, 0.05) is 40.3 Å². The summed E-state index contributed by atoms with van der Waals surface area (Å²) in [4.78, 5) is 22.8. The van der Waals surface area contributed by atoms with Crippen molar-refractivity contribution in [2.45, 2.75) is 4.90 Å². The number of carbonyl (C=O) groups is 1. The van der Waals surface area contributed by atoms with Gasteiger partial charge in [0.1, 0.15) is 6.54 Å². The predicted octanol–water partition coefficient (Wildman–Crippen LogP) is 4.72. The van der Waals surface area contributed by atoms with E-state index in [1.54, 1.807) is 36.5 Å². The molecule has 0 radical (unpaired) electrons. The first-order valence-corrected chi connectivity index (χ1v) is 13.8. The summed E-state index contributed by atoms with van der Waals surface area (Å²) in [6.45, 7) is 1.75. The van der Waals surface area contributed by atoms with Gasteiger partial charge in [0.05, 0.1) is 29.5 Å². The first kappa shape index (κ1) is 26.2. The van der Waals surface area contributed by atoms with Crippen LogP contribution in [-0.4, -0.2) is 62.3 Å². The number of ether oxygens (including phenoxy) is 1. The summed E-state index contributed by atoms with van der Waals surface area (Å²) in [5.74, 6) is -0.743. The third kappa shape index (κ3) is 5.25. The van der Waals surface area contributed by atoms with Gasteiger partial charge in [0.2, 0.25) is 5.95 Å². The summed E-state index contributed by atoms with van der Waals surface area (Å²) in [6.07, 6.45) is 1.68. The fourth-order valence-electron chi connectivity index (χ4n) is 4.38.